The Balaban J connectivity index is 2.15. The van der Waals surface area contributed by atoms with Gasteiger partial charge in [-0.15, -0.1) is 0 Å². The lowest BCUT2D eigenvalue weighted by Crippen LogP contribution is -2.24. The van der Waals surface area contributed by atoms with Crippen LogP contribution < -0.4 is 5.69 Å². The molecule has 22 heavy (non-hydrogen) atoms. The zero-order valence-corrected chi connectivity index (χ0v) is 11.7. The predicted molar refractivity (Wildman–Crippen MR) is 80.1 cm³/mol. The summed E-state index contributed by atoms with van der Waals surface area (Å²) in [6.07, 6.45) is 0. The number of ether oxygens (including phenoxy) is 1. The maximum atomic E-state index is 12.5. The maximum absolute atomic E-state index is 12.5. The molecule has 0 aliphatic heterocycles. The van der Waals surface area contributed by atoms with E-state index < -0.39 is 17.6 Å². The molecule has 2 aromatic carbocycles. The molecule has 110 valence electrons. The van der Waals surface area contributed by atoms with E-state index in [9.17, 15) is 14.4 Å². The Hall–Kier alpha value is -3.15. The third kappa shape index (κ3) is 2.20. The van der Waals surface area contributed by atoms with Crippen molar-refractivity contribution < 1.29 is 14.3 Å². The van der Waals surface area contributed by atoms with Crippen LogP contribution in [0.2, 0.25) is 0 Å². The zero-order chi connectivity index (χ0) is 15.7. The molecule has 0 aliphatic carbocycles. The number of fused-ring (bicyclic) bond motifs is 1. The number of hydrogen-bond donors (Lipinski definition) is 1. The number of esters is 1. The van der Waals surface area contributed by atoms with E-state index in [-0.39, 0.29) is 0 Å². The minimum atomic E-state index is -0.550. The molecule has 0 aliphatic rings. The van der Waals surface area contributed by atoms with E-state index in [0.29, 0.717) is 22.2 Å². The number of carbonyl (C=O) groups excluding carboxylic acids is 2. The van der Waals surface area contributed by atoms with Gasteiger partial charge in [-0.3, -0.25) is 4.79 Å². The summed E-state index contributed by atoms with van der Waals surface area (Å²) in [5, 5.41) is 0. The highest BCUT2D eigenvalue weighted by molar-refractivity contribution is 6.02. The van der Waals surface area contributed by atoms with Crippen molar-refractivity contribution in [2.75, 3.05) is 7.11 Å². The van der Waals surface area contributed by atoms with Crippen molar-refractivity contribution in [2.24, 2.45) is 0 Å². The summed E-state index contributed by atoms with van der Waals surface area (Å²) in [7, 11) is 1.28. The highest BCUT2D eigenvalue weighted by atomic mass is 16.5. The minimum absolute atomic E-state index is 0.301. The molecule has 0 saturated heterocycles. The summed E-state index contributed by atoms with van der Waals surface area (Å²) in [5.41, 5.74) is 0.965. The third-order valence-electron chi connectivity index (χ3n) is 3.33. The summed E-state index contributed by atoms with van der Waals surface area (Å²) < 4.78 is 5.68. The Morgan fingerprint density at radius 3 is 2.45 bits per heavy atom. The SMILES string of the molecule is COC(=O)c1ccc2c(c1)[nH]c(=O)n2C(=O)c1ccccc1. The number of aromatic amines is 1. The molecule has 0 atom stereocenters. The molecule has 0 bridgehead atoms. The van der Waals surface area contributed by atoms with Crippen LogP contribution in [-0.2, 0) is 4.74 Å². The first-order valence-electron chi connectivity index (χ1n) is 6.54. The van der Waals surface area contributed by atoms with Crippen molar-refractivity contribution >= 4 is 22.9 Å². The zero-order valence-electron chi connectivity index (χ0n) is 11.7. The molecule has 0 spiro atoms. The smallest absolute Gasteiger partial charge is 0.337 e. The van der Waals surface area contributed by atoms with E-state index >= 15 is 0 Å². The van der Waals surface area contributed by atoms with Crippen LogP contribution in [0.25, 0.3) is 11.0 Å². The number of H-pyrrole nitrogens is 1. The molecule has 6 nitrogen and oxygen atoms in total. The van der Waals surface area contributed by atoms with Crippen LogP contribution in [0.5, 0.6) is 0 Å². The van der Waals surface area contributed by atoms with Crippen molar-refractivity contribution in [3.63, 3.8) is 0 Å². The highest BCUT2D eigenvalue weighted by Crippen LogP contribution is 2.15. The number of rotatable bonds is 2. The van der Waals surface area contributed by atoms with Crippen molar-refractivity contribution in [1.82, 2.24) is 9.55 Å². The monoisotopic (exact) mass is 296 g/mol. The fourth-order valence-electron chi connectivity index (χ4n) is 2.27. The van der Waals surface area contributed by atoms with E-state index in [1.807, 2.05) is 0 Å². The van der Waals surface area contributed by atoms with Gasteiger partial charge in [0.05, 0.1) is 23.7 Å². The van der Waals surface area contributed by atoms with Gasteiger partial charge in [0.1, 0.15) is 0 Å². The Morgan fingerprint density at radius 1 is 1.05 bits per heavy atom. The summed E-state index contributed by atoms with van der Waals surface area (Å²) >= 11 is 0. The van der Waals surface area contributed by atoms with Crippen LogP contribution in [0.3, 0.4) is 0 Å². The molecular formula is C16H12N2O4. The van der Waals surface area contributed by atoms with Crippen LogP contribution >= 0.6 is 0 Å². The normalized spacial score (nSPS) is 10.6. The summed E-state index contributed by atoms with van der Waals surface area (Å²) in [6, 6.07) is 13.0. The van der Waals surface area contributed by atoms with Crippen LogP contribution in [0.1, 0.15) is 20.7 Å². The van der Waals surface area contributed by atoms with Gasteiger partial charge in [-0.05, 0) is 30.3 Å². The second kappa shape index (κ2) is 5.33. The van der Waals surface area contributed by atoms with E-state index in [2.05, 4.69) is 9.72 Å². The molecule has 1 heterocycles. The van der Waals surface area contributed by atoms with Crippen molar-refractivity contribution in [2.45, 2.75) is 0 Å². The number of aromatic nitrogens is 2. The van der Waals surface area contributed by atoms with Gasteiger partial charge < -0.3 is 9.72 Å². The van der Waals surface area contributed by atoms with Crippen LogP contribution in [0, 0.1) is 0 Å². The van der Waals surface area contributed by atoms with Crippen molar-refractivity contribution in [3.8, 4) is 0 Å². The lowest BCUT2D eigenvalue weighted by molar-refractivity contribution is 0.0600. The summed E-state index contributed by atoms with van der Waals surface area (Å²) in [5.74, 6) is -0.937. The first-order chi connectivity index (χ1) is 10.6. The topological polar surface area (TPSA) is 81.2 Å². The third-order valence-corrected chi connectivity index (χ3v) is 3.33. The standard InChI is InChI=1S/C16H12N2O4/c1-22-15(20)11-7-8-13-12(9-11)17-16(21)18(13)14(19)10-5-3-2-4-6-10/h2-9H,1H3,(H,17,21). The largest absolute Gasteiger partial charge is 0.465 e. The first kappa shape index (κ1) is 13.8. The molecule has 1 N–H and O–H groups in total. The predicted octanol–water partition coefficient (Wildman–Crippen LogP) is 1.80. The molecule has 0 fully saturated rings. The Bertz CT molecular complexity index is 922. The number of nitrogens with one attached hydrogen (secondary N) is 1. The Kier molecular flexibility index (Phi) is 3.34. The second-order valence-corrected chi connectivity index (χ2v) is 4.66. The number of carbonyl (C=O) groups is 2. The van der Waals surface area contributed by atoms with Gasteiger partial charge in [-0.1, -0.05) is 18.2 Å². The average Bonchev–Trinajstić information content (AvgIpc) is 2.89. The van der Waals surface area contributed by atoms with Gasteiger partial charge >= 0.3 is 11.7 Å². The fraction of sp³-hybridized carbons (Fsp3) is 0.0625. The fourth-order valence-corrected chi connectivity index (χ4v) is 2.27. The number of benzene rings is 2. The Morgan fingerprint density at radius 2 is 1.77 bits per heavy atom. The molecule has 0 saturated carbocycles. The maximum Gasteiger partial charge on any atom is 0.337 e. The number of imidazole rings is 1. The summed E-state index contributed by atoms with van der Waals surface area (Å²) in [4.78, 5) is 38.6. The molecular weight excluding hydrogens is 284 g/mol. The molecule has 0 unspecified atom stereocenters. The second-order valence-electron chi connectivity index (χ2n) is 4.66. The van der Waals surface area contributed by atoms with Crippen LogP contribution in [-0.4, -0.2) is 28.5 Å². The Labute approximate surface area is 125 Å². The van der Waals surface area contributed by atoms with Crippen LogP contribution in [0.4, 0.5) is 0 Å². The van der Waals surface area contributed by atoms with Gasteiger partial charge in [-0.25, -0.2) is 14.2 Å². The lowest BCUT2D eigenvalue weighted by Gasteiger charge is -2.03. The molecule has 6 heteroatoms. The van der Waals surface area contributed by atoms with Gasteiger partial charge in [0.2, 0.25) is 0 Å². The molecule has 0 radical (unpaired) electrons. The van der Waals surface area contributed by atoms with E-state index in [0.717, 1.165) is 4.57 Å². The van der Waals surface area contributed by atoms with Crippen molar-refractivity contribution in [1.29, 1.82) is 0 Å². The van der Waals surface area contributed by atoms with Gasteiger partial charge in [0, 0.05) is 5.56 Å². The molecule has 3 aromatic rings. The van der Waals surface area contributed by atoms with Crippen molar-refractivity contribution in [3.05, 3.63) is 70.1 Å². The molecule has 0 amide bonds. The molecule has 1 aromatic heterocycles. The van der Waals surface area contributed by atoms with E-state index in [1.54, 1.807) is 36.4 Å². The van der Waals surface area contributed by atoms with Gasteiger partial charge in [-0.2, -0.15) is 0 Å². The lowest BCUT2D eigenvalue weighted by atomic mass is 10.2. The average molecular weight is 296 g/mol. The van der Waals surface area contributed by atoms with E-state index in [4.69, 9.17) is 0 Å². The minimum Gasteiger partial charge on any atom is -0.465 e. The first-order valence-corrected chi connectivity index (χ1v) is 6.54. The quantitative estimate of drug-likeness (QED) is 0.731. The number of nitrogens with zero attached hydrogens (tertiary/aromatic N) is 1. The van der Waals surface area contributed by atoms with Crippen LogP contribution in [0.15, 0.2) is 53.3 Å². The number of hydrogen-bond acceptors (Lipinski definition) is 4. The van der Waals surface area contributed by atoms with Gasteiger partial charge in [0.25, 0.3) is 5.91 Å². The van der Waals surface area contributed by atoms with Gasteiger partial charge in [0.15, 0.2) is 0 Å². The highest BCUT2D eigenvalue weighted by Gasteiger charge is 2.17. The summed E-state index contributed by atoms with van der Waals surface area (Å²) in [6.45, 7) is 0. The van der Waals surface area contributed by atoms with E-state index in [1.165, 1.54) is 19.2 Å². The number of methoxy groups -OCH3 is 1. The molecule has 3 rings (SSSR count).